The van der Waals surface area contributed by atoms with Gasteiger partial charge >= 0.3 is 0 Å². The van der Waals surface area contributed by atoms with Crippen LogP contribution in [-0.2, 0) is 6.54 Å². The second kappa shape index (κ2) is 10.0. The fourth-order valence-corrected chi connectivity index (χ4v) is 2.09. The van der Waals surface area contributed by atoms with Crippen LogP contribution in [0, 0.1) is 0 Å². The van der Waals surface area contributed by atoms with Gasteiger partial charge in [-0.05, 0) is 37.5 Å². The van der Waals surface area contributed by atoms with Crippen molar-refractivity contribution in [3.63, 3.8) is 0 Å². The van der Waals surface area contributed by atoms with Crippen LogP contribution in [0.2, 0.25) is 5.02 Å². The number of nitrogens with one attached hydrogen (secondary N) is 1. The maximum atomic E-state index is 8.72. The molecule has 4 heteroatoms. The summed E-state index contributed by atoms with van der Waals surface area (Å²) in [5.41, 5.74) is 1.10. The van der Waals surface area contributed by atoms with Crippen LogP contribution in [0.25, 0.3) is 0 Å². The molecule has 3 nitrogen and oxygen atoms in total. The number of aliphatic hydroxyl groups excluding tert-OH is 1. The van der Waals surface area contributed by atoms with Crippen molar-refractivity contribution in [3.05, 3.63) is 28.8 Å². The maximum absolute atomic E-state index is 8.72. The number of hydrogen-bond donors (Lipinski definition) is 2. The lowest BCUT2D eigenvalue weighted by Gasteiger charge is -2.14. The van der Waals surface area contributed by atoms with Crippen molar-refractivity contribution in [1.82, 2.24) is 5.32 Å². The highest BCUT2D eigenvalue weighted by atomic mass is 35.5. The number of unbranched alkanes of at least 4 members (excludes halogenated alkanes) is 3. The number of halogens is 1. The Morgan fingerprint density at radius 2 is 1.95 bits per heavy atom. The van der Waals surface area contributed by atoms with E-state index in [0.717, 1.165) is 48.6 Å². The largest absolute Gasteiger partial charge is 0.493 e. The Morgan fingerprint density at radius 1 is 1.20 bits per heavy atom. The van der Waals surface area contributed by atoms with Crippen LogP contribution < -0.4 is 10.1 Å². The quantitative estimate of drug-likeness (QED) is 0.646. The van der Waals surface area contributed by atoms with E-state index < -0.39 is 0 Å². The van der Waals surface area contributed by atoms with Gasteiger partial charge in [-0.25, -0.2) is 0 Å². The molecule has 1 aromatic rings. The summed E-state index contributed by atoms with van der Waals surface area (Å²) in [7, 11) is 0. The van der Waals surface area contributed by atoms with Gasteiger partial charge in [0.25, 0.3) is 0 Å². The van der Waals surface area contributed by atoms with Gasteiger partial charge in [0, 0.05) is 29.8 Å². The second-order valence-electron chi connectivity index (χ2n) is 5.27. The summed E-state index contributed by atoms with van der Waals surface area (Å²) < 4.78 is 5.84. The van der Waals surface area contributed by atoms with E-state index >= 15 is 0 Å². The molecular formula is C16H26ClNO2. The van der Waals surface area contributed by atoms with Crippen molar-refractivity contribution in [2.75, 3.05) is 13.2 Å². The first-order valence-corrected chi connectivity index (χ1v) is 7.76. The van der Waals surface area contributed by atoms with Gasteiger partial charge in [-0.3, -0.25) is 0 Å². The van der Waals surface area contributed by atoms with E-state index in [1.807, 2.05) is 18.2 Å². The number of aliphatic hydroxyl groups is 1. The fraction of sp³-hybridized carbons (Fsp3) is 0.625. The normalized spacial score (nSPS) is 11.1. The molecule has 0 amide bonds. The van der Waals surface area contributed by atoms with E-state index in [4.69, 9.17) is 21.4 Å². The van der Waals surface area contributed by atoms with Crippen molar-refractivity contribution < 1.29 is 9.84 Å². The lowest BCUT2D eigenvalue weighted by molar-refractivity contribution is 0.272. The molecule has 1 rings (SSSR count). The van der Waals surface area contributed by atoms with Gasteiger partial charge in [0.1, 0.15) is 5.75 Å². The third-order valence-electron chi connectivity index (χ3n) is 3.03. The summed E-state index contributed by atoms with van der Waals surface area (Å²) in [6.07, 6.45) is 4.04. The number of benzene rings is 1. The number of rotatable bonds is 10. The van der Waals surface area contributed by atoms with Gasteiger partial charge in [0.15, 0.2) is 0 Å². The number of ether oxygens (including phenoxy) is 1. The van der Waals surface area contributed by atoms with Crippen molar-refractivity contribution >= 4 is 11.6 Å². The van der Waals surface area contributed by atoms with E-state index in [1.54, 1.807) is 0 Å². The minimum Gasteiger partial charge on any atom is -0.493 e. The van der Waals surface area contributed by atoms with E-state index in [2.05, 4.69) is 19.2 Å². The Labute approximate surface area is 127 Å². The van der Waals surface area contributed by atoms with Crippen LogP contribution in [0.4, 0.5) is 0 Å². The predicted octanol–water partition coefficient (Wildman–Crippen LogP) is 3.77. The highest BCUT2D eigenvalue weighted by Crippen LogP contribution is 2.23. The first-order valence-electron chi connectivity index (χ1n) is 7.39. The lowest BCUT2D eigenvalue weighted by Crippen LogP contribution is -2.22. The summed E-state index contributed by atoms with van der Waals surface area (Å²) in [4.78, 5) is 0. The average Bonchev–Trinajstić information content (AvgIpc) is 2.42. The summed E-state index contributed by atoms with van der Waals surface area (Å²) in [6.45, 7) is 5.99. The molecule has 0 aromatic heterocycles. The van der Waals surface area contributed by atoms with Crippen LogP contribution in [-0.4, -0.2) is 24.4 Å². The van der Waals surface area contributed by atoms with E-state index in [9.17, 15) is 0 Å². The molecule has 0 bridgehead atoms. The van der Waals surface area contributed by atoms with E-state index in [1.165, 1.54) is 0 Å². The van der Waals surface area contributed by atoms with Crippen LogP contribution in [0.15, 0.2) is 18.2 Å². The topological polar surface area (TPSA) is 41.5 Å². The number of hydrogen-bond acceptors (Lipinski definition) is 3. The lowest BCUT2D eigenvalue weighted by atomic mass is 10.2. The van der Waals surface area contributed by atoms with Crippen molar-refractivity contribution in [3.8, 4) is 5.75 Å². The van der Waals surface area contributed by atoms with Crippen LogP contribution in [0.1, 0.15) is 45.1 Å². The Balaban J connectivity index is 2.43. The van der Waals surface area contributed by atoms with Gasteiger partial charge < -0.3 is 15.2 Å². The molecule has 0 unspecified atom stereocenters. The second-order valence-corrected chi connectivity index (χ2v) is 5.71. The SMILES string of the molecule is CC(C)NCc1cc(Cl)ccc1OCCCCCCO. The summed E-state index contributed by atoms with van der Waals surface area (Å²) in [5.74, 6) is 0.907. The smallest absolute Gasteiger partial charge is 0.123 e. The molecule has 0 fully saturated rings. The molecule has 2 N–H and O–H groups in total. The third kappa shape index (κ3) is 7.13. The maximum Gasteiger partial charge on any atom is 0.123 e. The van der Waals surface area contributed by atoms with Crippen LogP contribution in [0.5, 0.6) is 5.75 Å². The van der Waals surface area contributed by atoms with Gasteiger partial charge in [0.05, 0.1) is 6.61 Å². The molecule has 0 saturated heterocycles. The first-order chi connectivity index (χ1) is 9.63. The van der Waals surface area contributed by atoms with Gasteiger partial charge in [0.2, 0.25) is 0 Å². The average molecular weight is 300 g/mol. The van der Waals surface area contributed by atoms with Gasteiger partial charge in [-0.1, -0.05) is 31.9 Å². The third-order valence-corrected chi connectivity index (χ3v) is 3.27. The van der Waals surface area contributed by atoms with E-state index in [-0.39, 0.29) is 6.61 Å². The summed E-state index contributed by atoms with van der Waals surface area (Å²) >= 11 is 6.04. The Morgan fingerprint density at radius 3 is 2.65 bits per heavy atom. The molecule has 0 aliphatic heterocycles. The van der Waals surface area contributed by atoms with Crippen molar-refractivity contribution in [1.29, 1.82) is 0 Å². The molecular weight excluding hydrogens is 274 g/mol. The molecule has 20 heavy (non-hydrogen) atoms. The Bertz CT molecular complexity index is 383. The molecule has 0 radical (unpaired) electrons. The fourth-order valence-electron chi connectivity index (χ4n) is 1.89. The summed E-state index contributed by atoms with van der Waals surface area (Å²) in [6, 6.07) is 6.19. The Kier molecular flexibility index (Phi) is 8.67. The monoisotopic (exact) mass is 299 g/mol. The minimum absolute atomic E-state index is 0.281. The van der Waals surface area contributed by atoms with Crippen molar-refractivity contribution in [2.24, 2.45) is 0 Å². The zero-order chi connectivity index (χ0) is 14.8. The molecule has 0 aliphatic rings. The zero-order valence-electron chi connectivity index (χ0n) is 12.5. The zero-order valence-corrected chi connectivity index (χ0v) is 13.2. The van der Waals surface area contributed by atoms with Gasteiger partial charge in [-0.15, -0.1) is 0 Å². The molecule has 0 atom stereocenters. The van der Waals surface area contributed by atoms with Crippen LogP contribution >= 0.6 is 11.6 Å². The molecule has 114 valence electrons. The molecule has 0 spiro atoms. The highest BCUT2D eigenvalue weighted by molar-refractivity contribution is 6.30. The van der Waals surface area contributed by atoms with Crippen molar-refractivity contribution in [2.45, 2.75) is 52.1 Å². The molecule has 1 aromatic carbocycles. The predicted molar refractivity (Wildman–Crippen MR) is 84.5 cm³/mol. The first kappa shape index (κ1) is 17.3. The summed E-state index contributed by atoms with van der Waals surface area (Å²) in [5, 5.41) is 12.8. The molecule has 0 saturated carbocycles. The standard InChI is InChI=1S/C16H26ClNO2/c1-13(2)18-12-14-11-15(17)7-8-16(14)20-10-6-4-3-5-9-19/h7-8,11,13,18-19H,3-6,9-10,12H2,1-2H3. The van der Waals surface area contributed by atoms with Crippen LogP contribution in [0.3, 0.4) is 0 Å². The van der Waals surface area contributed by atoms with E-state index in [0.29, 0.717) is 12.6 Å². The highest BCUT2D eigenvalue weighted by Gasteiger charge is 2.05. The minimum atomic E-state index is 0.281. The van der Waals surface area contributed by atoms with Gasteiger partial charge in [-0.2, -0.15) is 0 Å². The Hall–Kier alpha value is -0.770. The molecule has 0 aliphatic carbocycles. The molecule has 0 heterocycles.